The van der Waals surface area contributed by atoms with Crippen LogP contribution in [0.3, 0.4) is 0 Å². The Hall–Kier alpha value is -4.68. The van der Waals surface area contributed by atoms with Crippen molar-refractivity contribution < 1.29 is 33.8 Å². The normalized spacial score (nSPS) is 28.1. The molecule has 0 radical (unpaired) electrons. The standard InChI is InChI=1S/C42H43ClN4O7S/c1-20-26-15-21(43)11-14-32(26)55-37(20)29-19-33(45(3)44-29)47-39(50)28-18-27-24(12-13-25-34(27)40(51)46(38(25)49)22-9-7-6-8-10-22)36(42(28,2)41(47)52)35-30(48)16-23(53-4)17-31(35)54-5/h11-12,14-17,19,22,25,27-28,34,36,48H,6-10,13,18H2,1-5H3. The van der Waals surface area contributed by atoms with Crippen LogP contribution in [0.1, 0.15) is 68.9 Å². The minimum atomic E-state index is -1.39. The summed E-state index contributed by atoms with van der Waals surface area (Å²) in [5.41, 5.74) is 1.35. The largest absolute Gasteiger partial charge is 0.507 e. The first-order valence-electron chi connectivity index (χ1n) is 19.0. The van der Waals surface area contributed by atoms with Gasteiger partial charge in [-0.3, -0.25) is 28.8 Å². The molecule has 4 amide bonds. The van der Waals surface area contributed by atoms with Gasteiger partial charge < -0.3 is 14.6 Å². The van der Waals surface area contributed by atoms with Gasteiger partial charge in [0.05, 0.1) is 42.3 Å². The van der Waals surface area contributed by atoms with E-state index in [2.05, 4.69) is 0 Å². The number of aryl methyl sites for hydroxylation is 2. The Morgan fingerprint density at radius 2 is 1.73 bits per heavy atom. The molecule has 5 aliphatic rings. The van der Waals surface area contributed by atoms with Crippen molar-refractivity contribution in [2.75, 3.05) is 19.1 Å². The molecule has 9 rings (SSSR count). The monoisotopic (exact) mass is 782 g/mol. The smallest absolute Gasteiger partial charge is 0.242 e. The molecule has 55 heavy (non-hydrogen) atoms. The molecule has 3 aliphatic carbocycles. The van der Waals surface area contributed by atoms with E-state index in [9.17, 15) is 19.5 Å². The predicted molar refractivity (Wildman–Crippen MR) is 208 cm³/mol. The van der Waals surface area contributed by atoms with E-state index in [1.54, 1.807) is 42.1 Å². The van der Waals surface area contributed by atoms with Crippen LogP contribution in [0.4, 0.5) is 5.82 Å². The molecule has 2 saturated carbocycles. The zero-order chi connectivity index (χ0) is 38.7. The van der Waals surface area contributed by atoms with Crippen molar-refractivity contribution in [1.82, 2.24) is 14.7 Å². The molecule has 4 fully saturated rings. The molecule has 4 heterocycles. The molecule has 0 spiro atoms. The zero-order valence-electron chi connectivity index (χ0n) is 31.4. The van der Waals surface area contributed by atoms with Crippen LogP contribution in [0, 0.1) is 36.0 Å². The predicted octanol–water partition coefficient (Wildman–Crippen LogP) is 7.55. The summed E-state index contributed by atoms with van der Waals surface area (Å²) in [7, 11) is 4.69. The summed E-state index contributed by atoms with van der Waals surface area (Å²) in [5, 5.41) is 18.2. The SMILES string of the molecule is COc1cc(O)c(C2C3=CCC4C(=O)N(C5CCCCC5)C(=O)C4C3CC3C(=O)N(c4cc(-c5sc6ccc(Cl)cc6c5C)nn4C)C(=O)C32C)c(OC)c1. The number of aromatic hydroxyl groups is 1. The fourth-order valence-corrected chi connectivity index (χ4v) is 12.0. The van der Waals surface area contributed by atoms with E-state index >= 15 is 4.79 Å². The number of anilines is 1. The highest BCUT2D eigenvalue weighted by atomic mass is 35.5. The van der Waals surface area contributed by atoms with Gasteiger partial charge in [-0.1, -0.05) is 42.5 Å². The molecule has 6 unspecified atom stereocenters. The van der Waals surface area contributed by atoms with Crippen LogP contribution in [0.25, 0.3) is 20.7 Å². The van der Waals surface area contributed by atoms with Crippen molar-refractivity contribution in [1.29, 1.82) is 0 Å². The molecule has 2 saturated heterocycles. The summed E-state index contributed by atoms with van der Waals surface area (Å²) >= 11 is 7.90. The number of thiophene rings is 1. The van der Waals surface area contributed by atoms with E-state index in [0.29, 0.717) is 40.0 Å². The number of nitrogens with zero attached hydrogens (tertiary/aromatic N) is 4. The van der Waals surface area contributed by atoms with Crippen molar-refractivity contribution >= 4 is 62.5 Å². The Balaban J connectivity index is 1.17. The van der Waals surface area contributed by atoms with Crippen LogP contribution in [0.2, 0.25) is 5.02 Å². The highest BCUT2D eigenvalue weighted by Gasteiger charge is 2.68. The molecule has 11 nitrogen and oxygen atoms in total. The number of phenols is 1. The van der Waals surface area contributed by atoms with Gasteiger partial charge in [-0.15, -0.1) is 11.3 Å². The van der Waals surface area contributed by atoms with Gasteiger partial charge in [0, 0.05) is 52.5 Å². The second-order valence-corrected chi connectivity index (χ2v) is 17.5. The minimum Gasteiger partial charge on any atom is -0.507 e. The molecule has 6 atom stereocenters. The van der Waals surface area contributed by atoms with Gasteiger partial charge in [0.2, 0.25) is 23.6 Å². The summed E-state index contributed by atoms with van der Waals surface area (Å²) in [5.74, 6) is -3.77. The number of phenolic OH excluding ortho intramolecular Hbond substituents is 1. The highest BCUT2D eigenvalue weighted by molar-refractivity contribution is 7.22. The molecule has 0 bridgehead atoms. The number of fused-ring (bicyclic) bond motifs is 5. The molecular weight excluding hydrogens is 740 g/mol. The Bertz CT molecular complexity index is 2360. The van der Waals surface area contributed by atoms with Crippen LogP contribution in [-0.2, 0) is 26.2 Å². The molecular formula is C42H43ClN4O7S. The maximum absolute atomic E-state index is 15.3. The number of carbonyl (C=O) groups is 4. The third-order valence-electron chi connectivity index (χ3n) is 13.3. The number of imide groups is 2. The zero-order valence-corrected chi connectivity index (χ0v) is 33.0. The van der Waals surface area contributed by atoms with Gasteiger partial charge in [-0.25, -0.2) is 4.90 Å². The van der Waals surface area contributed by atoms with Gasteiger partial charge >= 0.3 is 0 Å². The summed E-state index contributed by atoms with van der Waals surface area (Å²) in [6.45, 7) is 3.80. The molecule has 2 aromatic heterocycles. The van der Waals surface area contributed by atoms with E-state index < -0.39 is 46.8 Å². The maximum atomic E-state index is 15.3. The Morgan fingerprint density at radius 3 is 2.45 bits per heavy atom. The van der Waals surface area contributed by atoms with E-state index in [0.717, 1.165) is 58.2 Å². The number of carbonyl (C=O) groups excluding carboxylic acids is 4. The summed E-state index contributed by atoms with van der Waals surface area (Å²) in [6, 6.07) is 10.5. The third kappa shape index (κ3) is 5.09. The van der Waals surface area contributed by atoms with Crippen LogP contribution in [0.5, 0.6) is 17.2 Å². The van der Waals surface area contributed by atoms with Gasteiger partial charge in [-0.2, -0.15) is 5.10 Å². The summed E-state index contributed by atoms with van der Waals surface area (Å²) in [6.07, 6.45) is 7.17. The number of methoxy groups -OCH3 is 2. The van der Waals surface area contributed by atoms with Crippen molar-refractivity contribution in [2.45, 2.75) is 70.8 Å². The number of aromatic nitrogens is 2. The number of rotatable bonds is 6. The first-order chi connectivity index (χ1) is 26.4. The van der Waals surface area contributed by atoms with Crippen LogP contribution in [-0.4, -0.2) is 63.7 Å². The number of benzene rings is 2. The Labute approximate surface area is 327 Å². The summed E-state index contributed by atoms with van der Waals surface area (Å²) in [4.78, 5) is 62.5. The third-order valence-corrected chi connectivity index (χ3v) is 14.8. The molecule has 1 N–H and O–H groups in total. The van der Waals surface area contributed by atoms with Gasteiger partial charge in [0.25, 0.3) is 0 Å². The average molecular weight is 783 g/mol. The van der Waals surface area contributed by atoms with E-state index in [1.165, 1.54) is 30.1 Å². The first-order valence-corrected chi connectivity index (χ1v) is 20.2. The van der Waals surface area contributed by atoms with Crippen molar-refractivity contribution in [3.8, 4) is 27.8 Å². The van der Waals surface area contributed by atoms with E-state index in [4.69, 9.17) is 26.2 Å². The van der Waals surface area contributed by atoms with Gasteiger partial charge in [0.15, 0.2) is 0 Å². The second kappa shape index (κ2) is 12.9. The average Bonchev–Trinajstić information content (AvgIpc) is 3.85. The van der Waals surface area contributed by atoms with Crippen LogP contribution >= 0.6 is 22.9 Å². The highest BCUT2D eigenvalue weighted by Crippen LogP contribution is 2.66. The molecule has 286 valence electrons. The van der Waals surface area contributed by atoms with Crippen LogP contribution < -0.4 is 14.4 Å². The number of allylic oxidation sites excluding steroid dienone is 2. The first kappa shape index (κ1) is 36.0. The molecule has 13 heteroatoms. The number of hydrogen-bond acceptors (Lipinski definition) is 9. The lowest BCUT2D eigenvalue weighted by atomic mass is 9.51. The van der Waals surface area contributed by atoms with E-state index in [-0.39, 0.29) is 30.0 Å². The number of likely N-dealkylation sites (tertiary alicyclic amines) is 1. The van der Waals surface area contributed by atoms with Crippen molar-refractivity contribution in [3.63, 3.8) is 0 Å². The van der Waals surface area contributed by atoms with E-state index in [1.807, 2.05) is 31.2 Å². The van der Waals surface area contributed by atoms with Crippen molar-refractivity contribution in [3.05, 3.63) is 64.2 Å². The molecule has 2 aromatic carbocycles. The lowest BCUT2D eigenvalue weighted by Gasteiger charge is -2.49. The van der Waals surface area contributed by atoms with Gasteiger partial charge in [0.1, 0.15) is 28.8 Å². The van der Waals surface area contributed by atoms with Crippen LogP contribution in [0.15, 0.2) is 48.0 Å². The Morgan fingerprint density at radius 1 is 0.964 bits per heavy atom. The Kier molecular flexibility index (Phi) is 8.47. The number of hydrogen-bond donors (Lipinski definition) is 1. The number of halogens is 1. The second-order valence-electron chi connectivity index (χ2n) is 16.0. The summed E-state index contributed by atoms with van der Waals surface area (Å²) < 4.78 is 13.9. The molecule has 4 aromatic rings. The number of amides is 4. The van der Waals surface area contributed by atoms with Crippen molar-refractivity contribution in [2.24, 2.45) is 36.1 Å². The topological polar surface area (TPSA) is 131 Å². The maximum Gasteiger partial charge on any atom is 0.242 e. The lowest BCUT2D eigenvalue weighted by molar-refractivity contribution is -0.144. The minimum absolute atomic E-state index is 0.121. The fourth-order valence-electron chi connectivity index (χ4n) is 10.6. The van der Waals surface area contributed by atoms with Gasteiger partial charge in [-0.05, 0) is 74.6 Å². The number of ether oxygens (including phenoxy) is 2. The molecule has 2 aliphatic heterocycles. The lowest BCUT2D eigenvalue weighted by Crippen LogP contribution is -2.49. The fraction of sp³-hybridized carbons (Fsp3) is 0.452. The quantitative estimate of drug-likeness (QED) is 0.157.